The molecule has 74 valence electrons. The molecule has 0 aliphatic carbocycles. The van der Waals surface area contributed by atoms with E-state index in [1.54, 1.807) is 6.07 Å². The molecule has 0 N–H and O–H groups in total. The van der Waals surface area contributed by atoms with Crippen LogP contribution >= 0.6 is 28.6 Å². The Hall–Kier alpha value is 0.640. The molecule has 0 aromatic heterocycles. The normalized spacial score (nSPS) is 10.6. The molecule has 0 heterocycles. The van der Waals surface area contributed by atoms with E-state index in [0.717, 1.165) is 0 Å². The zero-order valence-electron chi connectivity index (χ0n) is 6.10. The Labute approximate surface area is 115 Å². The van der Waals surface area contributed by atoms with Crippen molar-refractivity contribution in [2.24, 2.45) is 0 Å². The number of benzene rings is 1. The number of thiol groups is 1. The van der Waals surface area contributed by atoms with Crippen LogP contribution in [0, 0.1) is 0 Å². The molecular formula is C7H5BrF3NaOS. The van der Waals surface area contributed by atoms with E-state index in [9.17, 15) is 13.2 Å². The Balaban J connectivity index is 0.00000169. The van der Waals surface area contributed by atoms with E-state index in [1.807, 2.05) is 0 Å². The average Bonchev–Trinajstić information content (AvgIpc) is 1.94. The predicted molar refractivity (Wildman–Crippen MR) is 55.2 cm³/mol. The van der Waals surface area contributed by atoms with Gasteiger partial charge in [0.2, 0.25) is 0 Å². The molecule has 0 amide bonds. The van der Waals surface area contributed by atoms with Crippen molar-refractivity contribution in [3.05, 3.63) is 22.7 Å². The Morgan fingerprint density at radius 3 is 2.36 bits per heavy atom. The van der Waals surface area contributed by atoms with Crippen LogP contribution in [0.25, 0.3) is 0 Å². The van der Waals surface area contributed by atoms with E-state index >= 15 is 0 Å². The first-order chi connectivity index (χ1) is 5.88. The van der Waals surface area contributed by atoms with Gasteiger partial charge in [-0.15, -0.1) is 25.8 Å². The van der Waals surface area contributed by atoms with Crippen molar-refractivity contribution in [2.75, 3.05) is 0 Å². The monoisotopic (exact) mass is 296 g/mol. The zero-order chi connectivity index (χ0) is 10.1. The summed E-state index contributed by atoms with van der Waals surface area (Å²) in [5.41, 5.74) is 0. The quantitative estimate of drug-likeness (QED) is 0.619. The summed E-state index contributed by atoms with van der Waals surface area (Å²) in [5, 5.41) is 0. The van der Waals surface area contributed by atoms with Crippen molar-refractivity contribution in [3.63, 3.8) is 0 Å². The Morgan fingerprint density at radius 1 is 1.29 bits per heavy atom. The molecule has 0 unspecified atom stereocenters. The van der Waals surface area contributed by atoms with Crippen molar-refractivity contribution in [3.8, 4) is 5.75 Å². The van der Waals surface area contributed by atoms with Gasteiger partial charge in [0.05, 0.1) is 4.47 Å². The first kappa shape index (κ1) is 14.6. The molecule has 0 atom stereocenters. The van der Waals surface area contributed by atoms with E-state index < -0.39 is 6.36 Å². The minimum absolute atomic E-state index is 0. The molecule has 0 aliphatic rings. The fourth-order valence-electron chi connectivity index (χ4n) is 0.695. The third-order valence-electron chi connectivity index (χ3n) is 1.14. The summed E-state index contributed by atoms with van der Waals surface area (Å²) in [7, 11) is 0. The van der Waals surface area contributed by atoms with Crippen molar-refractivity contribution in [1.82, 2.24) is 0 Å². The Morgan fingerprint density at radius 2 is 1.86 bits per heavy atom. The van der Waals surface area contributed by atoms with Crippen molar-refractivity contribution >= 4 is 58.1 Å². The van der Waals surface area contributed by atoms with Crippen LogP contribution in [0.2, 0.25) is 0 Å². The summed E-state index contributed by atoms with van der Waals surface area (Å²) in [5.74, 6) is -0.292. The molecule has 0 radical (unpaired) electrons. The summed E-state index contributed by atoms with van der Waals surface area (Å²) in [6, 6.07) is 4.17. The van der Waals surface area contributed by atoms with E-state index in [2.05, 4.69) is 33.3 Å². The molecular weight excluding hydrogens is 292 g/mol. The standard InChI is InChI=1S/C7H4BrF3OS.Na.H/c8-5-2-1-4(13)3-6(5)12-7(9,10)11;;/h1-3,13H;;. The molecule has 1 aromatic rings. The Kier molecular flexibility index (Phi) is 5.91. The maximum absolute atomic E-state index is 11.8. The van der Waals surface area contributed by atoms with Crippen LogP contribution in [0.3, 0.4) is 0 Å². The topological polar surface area (TPSA) is 9.23 Å². The van der Waals surface area contributed by atoms with Crippen LogP contribution in [-0.4, -0.2) is 35.9 Å². The molecule has 1 rings (SSSR count). The average molecular weight is 297 g/mol. The zero-order valence-corrected chi connectivity index (χ0v) is 8.58. The molecule has 1 aromatic carbocycles. The van der Waals surface area contributed by atoms with Gasteiger partial charge in [-0.3, -0.25) is 0 Å². The van der Waals surface area contributed by atoms with E-state index in [1.165, 1.54) is 12.1 Å². The third-order valence-corrected chi connectivity index (χ3v) is 2.07. The summed E-state index contributed by atoms with van der Waals surface area (Å²) in [4.78, 5) is 0.405. The van der Waals surface area contributed by atoms with Crippen molar-refractivity contribution in [1.29, 1.82) is 0 Å². The second-order valence-electron chi connectivity index (χ2n) is 2.16. The van der Waals surface area contributed by atoms with Crippen LogP contribution in [0.15, 0.2) is 27.6 Å². The van der Waals surface area contributed by atoms with Crippen molar-refractivity contribution < 1.29 is 17.9 Å². The minimum atomic E-state index is -4.68. The molecule has 0 spiro atoms. The van der Waals surface area contributed by atoms with E-state index in [-0.39, 0.29) is 39.8 Å². The SMILES string of the molecule is FC(F)(F)Oc1cc(S)ccc1Br.[NaH]. The molecule has 0 saturated heterocycles. The van der Waals surface area contributed by atoms with Crippen molar-refractivity contribution in [2.45, 2.75) is 11.3 Å². The molecule has 0 bridgehead atoms. The van der Waals surface area contributed by atoms with Gasteiger partial charge in [0.1, 0.15) is 5.75 Å². The number of rotatable bonds is 1. The molecule has 0 fully saturated rings. The van der Waals surface area contributed by atoms with Crippen LogP contribution in [0.1, 0.15) is 0 Å². The number of alkyl halides is 3. The number of ether oxygens (including phenoxy) is 1. The van der Waals surface area contributed by atoms with Gasteiger partial charge in [-0.25, -0.2) is 0 Å². The van der Waals surface area contributed by atoms with Gasteiger partial charge < -0.3 is 4.74 Å². The van der Waals surface area contributed by atoms with Gasteiger partial charge in [0, 0.05) is 4.90 Å². The van der Waals surface area contributed by atoms with Crippen LogP contribution in [0.5, 0.6) is 5.75 Å². The van der Waals surface area contributed by atoms with Gasteiger partial charge >= 0.3 is 35.9 Å². The second-order valence-corrected chi connectivity index (χ2v) is 3.53. The second kappa shape index (κ2) is 5.65. The van der Waals surface area contributed by atoms with Gasteiger partial charge in [-0.2, -0.15) is 0 Å². The van der Waals surface area contributed by atoms with Gasteiger partial charge in [-0.1, -0.05) is 0 Å². The van der Waals surface area contributed by atoms with Gasteiger partial charge in [-0.05, 0) is 34.1 Å². The molecule has 0 saturated carbocycles. The Bertz CT molecular complexity index is 318. The molecule has 0 aliphatic heterocycles. The fourth-order valence-corrected chi connectivity index (χ4v) is 1.21. The summed E-state index contributed by atoms with van der Waals surface area (Å²) in [6.45, 7) is 0. The first-order valence-electron chi connectivity index (χ1n) is 3.13. The number of hydrogen-bond donors (Lipinski definition) is 1. The van der Waals surface area contributed by atoms with Gasteiger partial charge in [0.15, 0.2) is 0 Å². The van der Waals surface area contributed by atoms with Crippen LogP contribution in [-0.2, 0) is 0 Å². The molecule has 14 heavy (non-hydrogen) atoms. The predicted octanol–water partition coefficient (Wildman–Crippen LogP) is 2.99. The number of halogens is 4. The summed E-state index contributed by atoms with van der Waals surface area (Å²) < 4.78 is 39.3. The number of hydrogen-bond acceptors (Lipinski definition) is 2. The summed E-state index contributed by atoms with van der Waals surface area (Å²) >= 11 is 6.81. The first-order valence-corrected chi connectivity index (χ1v) is 4.37. The van der Waals surface area contributed by atoms with Crippen LogP contribution < -0.4 is 4.74 Å². The summed E-state index contributed by atoms with van der Waals surface area (Å²) in [6.07, 6.45) is -4.68. The fraction of sp³-hybridized carbons (Fsp3) is 0.143. The maximum atomic E-state index is 11.8. The molecule has 7 heteroatoms. The van der Waals surface area contributed by atoms with E-state index in [4.69, 9.17) is 0 Å². The van der Waals surface area contributed by atoms with Crippen LogP contribution in [0.4, 0.5) is 13.2 Å². The molecule has 1 nitrogen and oxygen atoms in total. The third kappa shape index (κ3) is 4.93. The van der Waals surface area contributed by atoms with E-state index in [0.29, 0.717) is 4.90 Å². The van der Waals surface area contributed by atoms with Gasteiger partial charge in [0.25, 0.3) is 0 Å².